The Labute approximate surface area is 115 Å². The molecule has 2 fully saturated rings. The van der Waals surface area contributed by atoms with Crippen LogP contribution in [-0.4, -0.2) is 36.3 Å². The van der Waals surface area contributed by atoms with Crippen molar-refractivity contribution in [3.63, 3.8) is 0 Å². The zero-order valence-corrected chi connectivity index (χ0v) is 11.8. The van der Waals surface area contributed by atoms with Crippen LogP contribution >= 0.6 is 0 Å². The number of nitrogens with zero attached hydrogens (tertiary/aromatic N) is 2. The van der Waals surface area contributed by atoms with Crippen LogP contribution in [0, 0.1) is 0 Å². The zero-order valence-electron chi connectivity index (χ0n) is 11.8. The standard InChI is InChI=1S/C15H23N3O/c1-11-10-19-12(2)9-18(11)15-13(4-3-7-16-15)8-17-14-5-6-14/h3-4,7,11-12,14,17H,5-6,8-10H2,1-2H3. The molecule has 2 atom stereocenters. The van der Waals surface area contributed by atoms with E-state index in [1.807, 2.05) is 12.3 Å². The van der Waals surface area contributed by atoms with E-state index in [-0.39, 0.29) is 6.10 Å². The molecule has 4 heteroatoms. The predicted octanol–water partition coefficient (Wildman–Crippen LogP) is 1.95. The lowest BCUT2D eigenvalue weighted by Crippen LogP contribution is -2.48. The molecule has 0 radical (unpaired) electrons. The van der Waals surface area contributed by atoms with Crippen LogP contribution in [0.5, 0.6) is 0 Å². The van der Waals surface area contributed by atoms with Gasteiger partial charge in [0.2, 0.25) is 0 Å². The Bertz CT molecular complexity index is 433. The molecule has 2 unspecified atom stereocenters. The number of nitrogens with one attached hydrogen (secondary N) is 1. The number of aromatic nitrogens is 1. The summed E-state index contributed by atoms with van der Waals surface area (Å²) >= 11 is 0. The molecule has 0 bridgehead atoms. The molecule has 2 heterocycles. The molecule has 19 heavy (non-hydrogen) atoms. The Morgan fingerprint density at radius 2 is 2.26 bits per heavy atom. The van der Waals surface area contributed by atoms with Gasteiger partial charge in [0, 0.05) is 30.9 Å². The molecule has 104 valence electrons. The number of rotatable bonds is 4. The molecule has 4 nitrogen and oxygen atoms in total. The maximum Gasteiger partial charge on any atom is 0.133 e. The molecule has 3 rings (SSSR count). The second-order valence-electron chi connectivity index (χ2n) is 5.79. The van der Waals surface area contributed by atoms with Crippen LogP contribution in [0.15, 0.2) is 18.3 Å². The topological polar surface area (TPSA) is 37.4 Å². The summed E-state index contributed by atoms with van der Waals surface area (Å²) in [5.74, 6) is 1.12. The zero-order chi connectivity index (χ0) is 13.2. The minimum Gasteiger partial charge on any atom is -0.375 e. The van der Waals surface area contributed by atoms with Crippen molar-refractivity contribution in [1.82, 2.24) is 10.3 Å². The molecule has 1 saturated heterocycles. The summed E-state index contributed by atoms with van der Waals surface area (Å²) in [7, 11) is 0. The van der Waals surface area contributed by atoms with E-state index in [1.165, 1.54) is 18.4 Å². The van der Waals surface area contributed by atoms with Crippen molar-refractivity contribution in [3.8, 4) is 0 Å². The van der Waals surface area contributed by atoms with Gasteiger partial charge in [-0.1, -0.05) is 6.07 Å². The van der Waals surface area contributed by atoms with E-state index in [1.54, 1.807) is 0 Å². The highest BCUT2D eigenvalue weighted by Gasteiger charge is 2.27. The number of hydrogen-bond donors (Lipinski definition) is 1. The minimum absolute atomic E-state index is 0.280. The molecule has 1 N–H and O–H groups in total. The lowest BCUT2D eigenvalue weighted by atomic mass is 10.1. The second-order valence-corrected chi connectivity index (χ2v) is 5.79. The third-order valence-electron chi connectivity index (χ3n) is 3.91. The summed E-state index contributed by atoms with van der Waals surface area (Å²) in [6.45, 7) is 6.97. The monoisotopic (exact) mass is 261 g/mol. The highest BCUT2D eigenvalue weighted by molar-refractivity contribution is 5.48. The molecule has 0 spiro atoms. The number of hydrogen-bond acceptors (Lipinski definition) is 4. The fraction of sp³-hybridized carbons (Fsp3) is 0.667. The molecule has 0 aromatic carbocycles. The maximum absolute atomic E-state index is 5.70. The van der Waals surface area contributed by atoms with Crippen molar-refractivity contribution >= 4 is 5.82 Å². The van der Waals surface area contributed by atoms with E-state index < -0.39 is 0 Å². The van der Waals surface area contributed by atoms with Crippen molar-refractivity contribution in [2.75, 3.05) is 18.1 Å². The average molecular weight is 261 g/mol. The quantitative estimate of drug-likeness (QED) is 0.899. The van der Waals surface area contributed by atoms with Gasteiger partial charge < -0.3 is 15.0 Å². The third kappa shape index (κ3) is 3.07. The van der Waals surface area contributed by atoms with Crippen molar-refractivity contribution in [2.24, 2.45) is 0 Å². The molecular weight excluding hydrogens is 238 g/mol. The van der Waals surface area contributed by atoms with Gasteiger partial charge >= 0.3 is 0 Å². The summed E-state index contributed by atoms with van der Waals surface area (Å²) in [6.07, 6.45) is 4.81. The van der Waals surface area contributed by atoms with Gasteiger partial charge in [0.05, 0.1) is 18.8 Å². The second kappa shape index (κ2) is 5.47. The molecule has 1 aliphatic carbocycles. The van der Waals surface area contributed by atoms with Crippen LogP contribution in [0.1, 0.15) is 32.3 Å². The molecule has 1 aromatic heterocycles. The van der Waals surface area contributed by atoms with Gasteiger partial charge in [0.1, 0.15) is 5.82 Å². The van der Waals surface area contributed by atoms with E-state index in [0.29, 0.717) is 6.04 Å². The SMILES string of the molecule is CC1CN(c2ncccc2CNC2CC2)C(C)CO1. The number of morpholine rings is 1. The van der Waals surface area contributed by atoms with Gasteiger partial charge in [-0.2, -0.15) is 0 Å². The molecule has 1 saturated carbocycles. The summed E-state index contributed by atoms with van der Waals surface area (Å²) in [5, 5.41) is 3.58. The van der Waals surface area contributed by atoms with E-state index in [2.05, 4.69) is 35.1 Å². The Kier molecular flexibility index (Phi) is 3.71. The number of ether oxygens (including phenoxy) is 1. The van der Waals surface area contributed by atoms with E-state index in [0.717, 1.165) is 31.6 Å². The van der Waals surface area contributed by atoms with Crippen molar-refractivity contribution in [3.05, 3.63) is 23.9 Å². The maximum atomic E-state index is 5.70. The van der Waals surface area contributed by atoms with Crippen LogP contribution in [0.25, 0.3) is 0 Å². The van der Waals surface area contributed by atoms with E-state index >= 15 is 0 Å². The first kappa shape index (κ1) is 12.9. The molecule has 1 aliphatic heterocycles. The van der Waals surface area contributed by atoms with Gasteiger partial charge in [0.25, 0.3) is 0 Å². The third-order valence-corrected chi connectivity index (χ3v) is 3.91. The van der Waals surface area contributed by atoms with Crippen LogP contribution in [-0.2, 0) is 11.3 Å². The van der Waals surface area contributed by atoms with Gasteiger partial charge in [-0.3, -0.25) is 0 Å². The largest absolute Gasteiger partial charge is 0.375 e. The summed E-state index contributed by atoms with van der Waals surface area (Å²) < 4.78 is 5.70. The summed E-state index contributed by atoms with van der Waals surface area (Å²) in [6, 6.07) is 5.34. The molecule has 0 amide bonds. The van der Waals surface area contributed by atoms with Crippen molar-refractivity contribution < 1.29 is 4.74 Å². The van der Waals surface area contributed by atoms with Gasteiger partial charge in [0.15, 0.2) is 0 Å². The fourth-order valence-corrected chi connectivity index (χ4v) is 2.57. The van der Waals surface area contributed by atoms with Gasteiger partial charge in [-0.05, 0) is 32.8 Å². The lowest BCUT2D eigenvalue weighted by molar-refractivity contribution is 0.0340. The Morgan fingerprint density at radius 3 is 3.05 bits per heavy atom. The fourth-order valence-electron chi connectivity index (χ4n) is 2.57. The average Bonchev–Trinajstić information content (AvgIpc) is 3.24. The highest BCUT2D eigenvalue weighted by Crippen LogP contribution is 2.25. The van der Waals surface area contributed by atoms with Crippen LogP contribution in [0.4, 0.5) is 5.82 Å². The first-order valence-electron chi connectivity index (χ1n) is 7.29. The molecule has 1 aromatic rings. The summed E-state index contributed by atoms with van der Waals surface area (Å²) in [4.78, 5) is 7.00. The van der Waals surface area contributed by atoms with Gasteiger partial charge in [-0.15, -0.1) is 0 Å². The van der Waals surface area contributed by atoms with Gasteiger partial charge in [-0.25, -0.2) is 4.98 Å². The van der Waals surface area contributed by atoms with Crippen LogP contribution in [0.2, 0.25) is 0 Å². The van der Waals surface area contributed by atoms with E-state index in [4.69, 9.17) is 4.74 Å². The number of pyridine rings is 1. The van der Waals surface area contributed by atoms with Crippen LogP contribution < -0.4 is 10.2 Å². The minimum atomic E-state index is 0.280. The van der Waals surface area contributed by atoms with E-state index in [9.17, 15) is 0 Å². The highest BCUT2D eigenvalue weighted by atomic mass is 16.5. The number of anilines is 1. The Hall–Kier alpha value is -1.13. The van der Waals surface area contributed by atoms with Crippen molar-refractivity contribution in [1.29, 1.82) is 0 Å². The Morgan fingerprint density at radius 1 is 1.42 bits per heavy atom. The van der Waals surface area contributed by atoms with Crippen LogP contribution in [0.3, 0.4) is 0 Å². The molecule has 2 aliphatic rings. The summed E-state index contributed by atoms with van der Waals surface area (Å²) in [5.41, 5.74) is 1.30. The predicted molar refractivity (Wildman–Crippen MR) is 76.3 cm³/mol. The Balaban J connectivity index is 1.77. The first-order chi connectivity index (χ1) is 9.24. The van der Waals surface area contributed by atoms with Crippen molar-refractivity contribution in [2.45, 2.75) is 51.4 Å². The normalized spacial score (nSPS) is 27.6. The molecular formula is C15H23N3O. The first-order valence-corrected chi connectivity index (χ1v) is 7.29. The lowest BCUT2D eigenvalue weighted by Gasteiger charge is -2.38. The smallest absolute Gasteiger partial charge is 0.133 e.